The molecule has 0 spiro atoms. The molecule has 0 aliphatic heterocycles. The van der Waals surface area contributed by atoms with E-state index < -0.39 is 6.43 Å². The molecule has 0 aromatic heterocycles. The number of nitrogens with two attached hydrogens (primary N) is 1. The van der Waals surface area contributed by atoms with Crippen molar-refractivity contribution < 1.29 is 8.78 Å². The van der Waals surface area contributed by atoms with Crippen LogP contribution < -0.4 is 5.73 Å². The van der Waals surface area contributed by atoms with E-state index in [9.17, 15) is 8.78 Å². The second-order valence-corrected chi connectivity index (χ2v) is 4.00. The summed E-state index contributed by atoms with van der Waals surface area (Å²) in [5.74, 6) is 0. The minimum Gasteiger partial charge on any atom is -0.330 e. The highest BCUT2D eigenvalue weighted by Crippen LogP contribution is 2.25. The van der Waals surface area contributed by atoms with E-state index in [0.717, 1.165) is 12.8 Å². The first kappa shape index (κ1) is 13.8. The van der Waals surface area contributed by atoms with Gasteiger partial charge in [0.15, 0.2) is 0 Å². The smallest absolute Gasteiger partial charge is 0.251 e. The van der Waals surface area contributed by atoms with Gasteiger partial charge in [0.1, 0.15) is 0 Å². The first-order valence-corrected chi connectivity index (χ1v) is 5.16. The van der Waals surface area contributed by atoms with E-state index in [1.54, 1.807) is 11.9 Å². The van der Waals surface area contributed by atoms with Crippen LogP contribution in [-0.2, 0) is 0 Å². The Hall–Kier alpha value is -0.220. The number of alkyl halides is 2. The van der Waals surface area contributed by atoms with E-state index in [1.807, 2.05) is 0 Å². The second kappa shape index (κ2) is 6.30. The highest BCUT2D eigenvalue weighted by molar-refractivity contribution is 4.80. The number of halogens is 2. The van der Waals surface area contributed by atoms with E-state index in [2.05, 4.69) is 13.8 Å². The summed E-state index contributed by atoms with van der Waals surface area (Å²) in [5.41, 5.74) is 5.70. The molecule has 0 radical (unpaired) electrons. The van der Waals surface area contributed by atoms with Crippen molar-refractivity contribution in [2.75, 3.05) is 26.7 Å². The molecule has 0 aromatic carbocycles. The van der Waals surface area contributed by atoms with Gasteiger partial charge >= 0.3 is 0 Å². The summed E-state index contributed by atoms with van der Waals surface area (Å²) < 4.78 is 24.2. The second-order valence-electron chi connectivity index (χ2n) is 4.00. The maximum absolute atomic E-state index is 12.1. The third kappa shape index (κ3) is 4.33. The normalized spacial score (nSPS) is 12.9. The molecule has 0 rings (SSSR count). The number of hydrogen-bond acceptors (Lipinski definition) is 2. The molecule has 0 fully saturated rings. The average molecular weight is 208 g/mol. The lowest BCUT2D eigenvalue weighted by Gasteiger charge is -2.34. The molecule has 2 N–H and O–H groups in total. The molecule has 0 aliphatic rings. The van der Waals surface area contributed by atoms with Crippen molar-refractivity contribution in [1.29, 1.82) is 0 Å². The average Bonchev–Trinajstić information content (AvgIpc) is 2.13. The maximum atomic E-state index is 12.1. The summed E-state index contributed by atoms with van der Waals surface area (Å²) in [6.07, 6.45) is -0.384. The Morgan fingerprint density at radius 3 is 2.07 bits per heavy atom. The van der Waals surface area contributed by atoms with Crippen molar-refractivity contribution in [1.82, 2.24) is 4.90 Å². The van der Waals surface area contributed by atoms with Gasteiger partial charge in [-0.25, -0.2) is 8.78 Å². The van der Waals surface area contributed by atoms with Gasteiger partial charge in [0.2, 0.25) is 0 Å². The van der Waals surface area contributed by atoms with Crippen LogP contribution in [0.15, 0.2) is 0 Å². The van der Waals surface area contributed by atoms with Crippen LogP contribution in [0.2, 0.25) is 0 Å². The number of rotatable bonds is 7. The fourth-order valence-electron chi connectivity index (χ4n) is 1.70. The molecule has 0 atom stereocenters. The van der Waals surface area contributed by atoms with Crippen LogP contribution in [0.4, 0.5) is 8.78 Å². The standard InChI is InChI=1S/C10H22F2N2/c1-4-10(5-2,7-13)8-14(3)6-9(11)12/h9H,4-8,13H2,1-3H3. The lowest BCUT2D eigenvalue weighted by molar-refractivity contribution is 0.0738. The lowest BCUT2D eigenvalue weighted by atomic mass is 9.82. The van der Waals surface area contributed by atoms with E-state index in [-0.39, 0.29) is 12.0 Å². The number of hydrogen-bond donors (Lipinski definition) is 1. The minimum atomic E-state index is -2.26. The van der Waals surface area contributed by atoms with Crippen LogP contribution in [0.3, 0.4) is 0 Å². The molecule has 0 bridgehead atoms. The van der Waals surface area contributed by atoms with Crippen LogP contribution in [0.25, 0.3) is 0 Å². The van der Waals surface area contributed by atoms with E-state index >= 15 is 0 Å². The largest absolute Gasteiger partial charge is 0.330 e. The summed E-state index contributed by atoms with van der Waals surface area (Å²) in [7, 11) is 1.72. The molecule has 14 heavy (non-hydrogen) atoms. The fourth-order valence-corrected chi connectivity index (χ4v) is 1.70. The molecule has 86 valence electrons. The molecule has 4 heteroatoms. The lowest BCUT2D eigenvalue weighted by Crippen LogP contribution is -2.41. The van der Waals surface area contributed by atoms with E-state index in [0.29, 0.717) is 13.1 Å². The zero-order valence-electron chi connectivity index (χ0n) is 9.39. The predicted octanol–water partition coefficient (Wildman–Crippen LogP) is 1.95. The number of nitrogens with zero attached hydrogens (tertiary/aromatic N) is 1. The summed E-state index contributed by atoms with van der Waals surface area (Å²) in [4.78, 5) is 1.67. The van der Waals surface area contributed by atoms with Gasteiger partial charge in [-0.2, -0.15) is 0 Å². The maximum Gasteiger partial charge on any atom is 0.251 e. The highest BCUT2D eigenvalue weighted by Gasteiger charge is 2.26. The third-order valence-corrected chi connectivity index (χ3v) is 2.99. The van der Waals surface area contributed by atoms with Gasteiger partial charge in [-0.3, -0.25) is 0 Å². The Labute approximate surface area is 85.5 Å². The van der Waals surface area contributed by atoms with Crippen molar-refractivity contribution in [3.05, 3.63) is 0 Å². The van der Waals surface area contributed by atoms with Crippen LogP contribution in [0.1, 0.15) is 26.7 Å². The van der Waals surface area contributed by atoms with Gasteiger partial charge in [0.25, 0.3) is 6.43 Å². The Bertz CT molecular complexity index is 139. The Morgan fingerprint density at radius 1 is 1.29 bits per heavy atom. The Kier molecular flexibility index (Phi) is 6.20. The summed E-state index contributed by atoms with van der Waals surface area (Å²) in [6, 6.07) is 0. The molecule has 0 aromatic rings. The summed E-state index contributed by atoms with van der Waals surface area (Å²) in [6.45, 7) is 5.18. The van der Waals surface area contributed by atoms with Crippen LogP contribution in [0, 0.1) is 5.41 Å². The van der Waals surface area contributed by atoms with Gasteiger partial charge in [0, 0.05) is 6.54 Å². The highest BCUT2D eigenvalue weighted by atomic mass is 19.3. The van der Waals surface area contributed by atoms with Gasteiger partial charge in [-0.1, -0.05) is 13.8 Å². The molecule has 2 nitrogen and oxygen atoms in total. The molecule has 0 aliphatic carbocycles. The molecule has 0 heterocycles. The predicted molar refractivity (Wildman–Crippen MR) is 55.6 cm³/mol. The third-order valence-electron chi connectivity index (χ3n) is 2.99. The quantitative estimate of drug-likeness (QED) is 0.693. The first-order valence-electron chi connectivity index (χ1n) is 5.16. The first-order chi connectivity index (χ1) is 6.49. The van der Waals surface area contributed by atoms with Crippen LogP contribution in [0.5, 0.6) is 0 Å². The zero-order valence-corrected chi connectivity index (χ0v) is 9.39. The fraction of sp³-hybridized carbons (Fsp3) is 1.00. The van der Waals surface area contributed by atoms with Crippen molar-refractivity contribution >= 4 is 0 Å². The molecule has 0 saturated heterocycles. The Balaban J connectivity index is 4.15. The van der Waals surface area contributed by atoms with Crippen molar-refractivity contribution in [3.63, 3.8) is 0 Å². The van der Waals surface area contributed by atoms with Gasteiger partial charge < -0.3 is 10.6 Å². The molecule has 0 saturated carbocycles. The summed E-state index contributed by atoms with van der Waals surface area (Å²) >= 11 is 0. The van der Waals surface area contributed by atoms with Crippen molar-refractivity contribution in [2.24, 2.45) is 11.1 Å². The minimum absolute atomic E-state index is 0.00361. The van der Waals surface area contributed by atoms with Crippen LogP contribution in [-0.4, -0.2) is 38.0 Å². The molecular formula is C10H22F2N2. The molecule has 0 amide bonds. The zero-order chi connectivity index (χ0) is 11.2. The van der Waals surface area contributed by atoms with Crippen LogP contribution >= 0.6 is 0 Å². The Morgan fingerprint density at radius 2 is 1.79 bits per heavy atom. The summed E-state index contributed by atoms with van der Waals surface area (Å²) in [5, 5.41) is 0. The topological polar surface area (TPSA) is 29.3 Å². The SMILES string of the molecule is CCC(CC)(CN)CN(C)CC(F)F. The van der Waals surface area contributed by atoms with Crippen molar-refractivity contribution in [3.8, 4) is 0 Å². The van der Waals surface area contributed by atoms with E-state index in [4.69, 9.17) is 5.73 Å². The molecular weight excluding hydrogens is 186 g/mol. The molecule has 0 unspecified atom stereocenters. The van der Waals surface area contributed by atoms with Gasteiger partial charge in [-0.15, -0.1) is 0 Å². The van der Waals surface area contributed by atoms with Crippen molar-refractivity contribution in [2.45, 2.75) is 33.1 Å². The monoisotopic (exact) mass is 208 g/mol. The van der Waals surface area contributed by atoms with Gasteiger partial charge in [0.05, 0.1) is 6.54 Å². The van der Waals surface area contributed by atoms with E-state index in [1.165, 1.54) is 0 Å². The van der Waals surface area contributed by atoms with Gasteiger partial charge in [-0.05, 0) is 31.8 Å².